The first-order valence-corrected chi connectivity index (χ1v) is 6.18. The van der Waals surface area contributed by atoms with Crippen molar-refractivity contribution in [1.82, 2.24) is 4.98 Å². The van der Waals surface area contributed by atoms with Crippen LogP contribution in [-0.2, 0) is 11.3 Å². The lowest BCUT2D eigenvalue weighted by atomic mass is 10.1. The van der Waals surface area contributed by atoms with E-state index in [1.165, 1.54) is 18.3 Å². The minimum Gasteiger partial charge on any atom is -0.478 e. The maximum absolute atomic E-state index is 12.0. The van der Waals surface area contributed by atoms with Crippen molar-refractivity contribution in [2.45, 2.75) is 6.61 Å². The van der Waals surface area contributed by atoms with Crippen molar-refractivity contribution < 1.29 is 19.4 Å². The van der Waals surface area contributed by atoms with E-state index in [2.05, 4.69) is 10.3 Å². The molecule has 0 atom stereocenters. The van der Waals surface area contributed by atoms with Gasteiger partial charge in [-0.1, -0.05) is 12.1 Å². The predicted molar refractivity (Wildman–Crippen MR) is 76.3 cm³/mol. The first-order valence-electron chi connectivity index (χ1n) is 6.18. The maximum Gasteiger partial charge on any atom is 0.335 e. The number of aromatic nitrogens is 1. The van der Waals surface area contributed by atoms with Crippen LogP contribution in [0.3, 0.4) is 0 Å². The fourth-order valence-corrected chi connectivity index (χ4v) is 1.74. The average Bonchev–Trinajstić information content (AvgIpc) is 2.48. The van der Waals surface area contributed by atoms with Gasteiger partial charge in [0, 0.05) is 18.9 Å². The minimum absolute atomic E-state index is 0.0655. The van der Waals surface area contributed by atoms with Gasteiger partial charge in [0.1, 0.15) is 5.82 Å². The standard InChI is InChI=1S/C15H14N2O4/c1-21-9-10-2-4-11(5-3-10)14(18)17-13-8-12(15(19)20)6-7-16-13/h2-8H,9H2,1H3,(H,19,20)(H,16,17,18). The van der Waals surface area contributed by atoms with Crippen LogP contribution >= 0.6 is 0 Å². The highest BCUT2D eigenvalue weighted by Gasteiger charge is 2.09. The number of carboxylic acid groups (broad SMARTS) is 1. The fourth-order valence-electron chi connectivity index (χ4n) is 1.74. The molecule has 2 aromatic rings. The van der Waals surface area contributed by atoms with E-state index in [1.54, 1.807) is 31.4 Å². The summed E-state index contributed by atoms with van der Waals surface area (Å²) in [5.74, 6) is -1.23. The van der Waals surface area contributed by atoms with Crippen molar-refractivity contribution in [3.05, 3.63) is 59.3 Å². The number of hydrogen-bond donors (Lipinski definition) is 2. The van der Waals surface area contributed by atoms with E-state index in [0.29, 0.717) is 12.2 Å². The number of amides is 1. The van der Waals surface area contributed by atoms with Gasteiger partial charge in [0.15, 0.2) is 0 Å². The second kappa shape index (κ2) is 6.62. The zero-order valence-corrected chi connectivity index (χ0v) is 11.4. The van der Waals surface area contributed by atoms with E-state index in [9.17, 15) is 9.59 Å². The predicted octanol–water partition coefficient (Wildman–Crippen LogP) is 2.18. The van der Waals surface area contributed by atoms with Crippen LogP contribution in [0.15, 0.2) is 42.6 Å². The van der Waals surface area contributed by atoms with Gasteiger partial charge in [0.05, 0.1) is 12.2 Å². The molecule has 21 heavy (non-hydrogen) atoms. The summed E-state index contributed by atoms with van der Waals surface area (Å²) < 4.78 is 4.99. The van der Waals surface area contributed by atoms with Gasteiger partial charge in [-0.2, -0.15) is 0 Å². The Hall–Kier alpha value is -2.73. The fraction of sp³-hybridized carbons (Fsp3) is 0.133. The summed E-state index contributed by atoms with van der Waals surface area (Å²) in [7, 11) is 1.60. The summed E-state index contributed by atoms with van der Waals surface area (Å²) >= 11 is 0. The van der Waals surface area contributed by atoms with Gasteiger partial charge in [-0.3, -0.25) is 4.79 Å². The molecule has 1 aromatic heterocycles. The highest BCUT2D eigenvalue weighted by atomic mass is 16.5. The quantitative estimate of drug-likeness (QED) is 0.879. The molecule has 0 aliphatic heterocycles. The summed E-state index contributed by atoms with van der Waals surface area (Å²) in [6, 6.07) is 9.59. The lowest BCUT2D eigenvalue weighted by Gasteiger charge is -2.06. The number of pyridine rings is 1. The van der Waals surface area contributed by atoms with E-state index >= 15 is 0 Å². The molecule has 0 bridgehead atoms. The summed E-state index contributed by atoms with van der Waals surface area (Å²) in [5, 5.41) is 11.4. The van der Waals surface area contributed by atoms with Crippen LogP contribution in [0.4, 0.5) is 5.82 Å². The van der Waals surface area contributed by atoms with E-state index in [0.717, 1.165) is 5.56 Å². The van der Waals surface area contributed by atoms with E-state index in [1.807, 2.05) is 0 Å². The Morgan fingerprint density at radius 3 is 2.52 bits per heavy atom. The van der Waals surface area contributed by atoms with Crippen LogP contribution < -0.4 is 5.32 Å². The minimum atomic E-state index is -1.07. The van der Waals surface area contributed by atoms with Crippen molar-refractivity contribution in [3.63, 3.8) is 0 Å². The molecule has 0 aliphatic carbocycles. The van der Waals surface area contributed by atoms with Crippen molar-refractivity contribution in [2.75, 3.05) is 12.4 Å². The number of nitrogens with one attached hydrogen (secondary N) is 1. The van der Waals surface area contributed by atoms with Crippen molar-refractivity contribution >= 4 is 17.7 Å². The Labute approximate surface area is 121 Å². The normalized spacial score (nSPS) is 10.1. The Morgan fingerprint density at radius 1 is 1.19 bits per heavy atom. The number of methoxy groups -OCH3 is 1. The number of carbonyl (C=O) groups is 2. The van der Waals surface area contributed by atoms with Crippen LogP contribution in [0.1, 0.15) is 26.3 Å². The third-order valence-corrected chi connectivity index (χ3v) is 2.78. The van der Waals surface area contributed by atoms with Crippen LogP contribution in [0.5, 0.6) is 0 Å². The lowest BCUT2D eigenvalue weighted by Crippen LogP contribution is -2.13. The number of benzene rings is 1. The molecule has 0 saturated carbocycles. The number of anilines is 1. The van der Waals surface area contributed by atoms with Gasteiger partial charge in [-0.25, -0.2) is 9.78 Å². The smallest absolute Gasteiger partial charge is 0.335 e. The van der Waals surface area contributed by atoms with Gasteiger partial charge < -0.3 is 15.2 Å². The summed E-state index contributed by atoms with van der Waals surface area (Å²) in [6.07, 6.45) is 1.33. The number of hydrogen-bond acceptors (Lipinski definition) is 4. The largest absolute Gasteiger partial charge is 0.478 e. The van der Waals surface area contributed by atoms with Crippen LogP contribution in [0, 0.1) is 0 Å². The molecule has 0 unspecified atom stereocenters. The van der Waals surface area contributed by atoms with Crippen LogP contribution in [0.25, 0.3) is 0 Å². The van der Waals surface area contributed by atoms with Crippen LogP contribution in [0.2, 0.25) is 0 Å². The summed E-state index contributed by atoms with van der Waals surface area (Å²) in [4.78, 5) is 26.8. The van der Waals surface area contributed by atoms with Gasteiger partial charge in [0.2, 0.25) is 0 Å². The molecule has 108 valence electrons. The lowest BCUT2D eigenvalue weighted by molar-refractivity contribution is 0.0696. The molecular formula is C15H14N2O4. The molecule has 1 aromatic carbocycles. The van der Waals surface area contributed by atoms with Crippen molar-refractivity contribution in [3.8, 4) is 0 Å². The average molecular weight is 286 g/mol. The Morgan fingerprint density at radius 2 is 1.90 bits per heavy atom. The third kappa shape index (κ3) is 3.87. The van der Waals surface area contributed by atoms with Gasteiger partial charge in [-0.15, -0.1) is 0 Å². The van der Waals surface area contributed by atoms with Gasteiger partial charge in [0.25, 0.3) is 5.91 Å². The highest BCUT2D eigenvalue weighted by Crippen LogP contribution is 2.10. The van der Waals surface area contributed by atoms with E-state index in [-0.39, 0.29) is 17.3 Å². The zero-order chi connectivity index (χ0) is 15.2. The molecule has 6 heteroatoms. The first-order chi connectivity index (χ1) is 10.1. The van der Waals surface area contributed by atoms with Gasteiger partial charge >= 0.3 is 5.97 Å². The zero-order valence-electron chi connectivity index (χ0n) is 11.4. The first kappa shape index (κ1) is 14.7. The monoisotopic (exact) mass is 286 g/mol. The van der Waals surface area contributed by atoms with Crippen molar-refractivity contribution in [2.24, 2.45) is 0 Å². The molecule has 2 N–H and O–H groups in total. The number of aromatic carboxylic acids is 1. The number of carbonyl (C=O) groups excluding carboxylic acids is 1. The highest BCUT2D eigenvalue weighted by molar-refractivity contribution is 6.04. The molecule has 0 radical (unpaired) electrons. The molecule has 1 amide bonds. The van der Waals surface area contributed by atoms with E-state index in [4.69, 9.17) is 9.84 Å². The molecule has 0 spiro atoms. The molecule has 2 rings (SSSR count). The summed E-state index contributed by atoms with van der Waals surface area (Å²) in [6.45, 7) is 0.476. The molecule has 6 nitrogen and oxygen atoms in total. The number of rotatable bonds is 5. The second-order valence-electron chi connectivity index (χ2n) is 4.32. The van der Waals surface area contributed by atoms with Crippen molar-refractivity contribution in [1.29, 1.82) is 0 Å². The molecule has 1 heterocycles. The number of carboxylic acids is 1. The summed E-state index contributed by atoms with van der Waals surface area (Å²) in [5.41, 5.74) is 1.48. The number of nitrogens with zero attached hydrogens (tertiary/aromatic N) is 1. The SMILES string of the molecule is COCc1ccc(C(=O)Nc2cc(C(=O)O)ccn2)cc1. The third-order valence-electron chi connectivity index (χ3n) is 2.78. The van der Waals surface area contributed by atoms with Crippen LogP contribution in [-0.4, -0.2) is 29.1 Å². The molecular weight excluding hydrogens is 272 g/mol. The molecule has 0 fully saturated rings. The second-order valence-corrected chi connectivity index (χ2v) is 4.32. The number of ether oxygens (including phenoxy) is 1. The van der Waals surface area contributed by atoms with E-state index < -0.39 is 5.97 Å². The Bertz CT molecular complexity index is 653. The maximum atomic E-state index is 12.0. The molecule has 0 aliphatic rings. The Balaban J connectivity index is 2.10. The van der Waals surface area contributed by atoms with Gasteiger partial charge in [-0.05, 0) is 29.8 Å². The topological polar surface area (TPSA) is 88.5 Å². The Kier molecular flexibility index (Phi) is 4.63. The molecule has 0 saturated heterocycles.